The van der Waals surface area contributed by atoms with Gasteiger partial charge in [0, 0.05) is 5.69 Å². The van der Waals surface area contributed by atoms with Crippen LogP contribution in [0.25, 0.3) is 0 Å². The number of hydrogen-bond donors (Lipinski definition) is 1. The Balaban J connectivity index is 1.88. The van der Waals surface area contributed by atoms with E-state index in [2.05, 4.69) is 10.1 Å². The predicted octanol–water partition coefficient (Wildman–Crippen LogP) is 3.45. The van der Waals surface area contributed by atoms with E-state index in [1.807, 2.05) is 0 Å². The zero-order valence-electron chi connectivity index (χ0n) is 17.8. The largest absolute Gasteiger partial charge is 0.497 e. The summed E-state index contributed by atoms with van der Waals surface area (Å²) in [5, 5.41) is 2.60. The van der Waals surface area contributed by atoms with Crippen molar-refractivity contribution in [2.24, 2.45) is 0 Å². The molecule has 0 aromatic heterocycles. The van der Waals surface area contributed by atoms with Gasteiger partial charge in [-0.15, -0.1) is 0 Å². The van der Waals surface area contributed by atoms with Crippen molar-refractivity contribution in [2.45, 2.75) is 4.90 Å². The van der Waals surface area contributed by atoms with Crippen LogP contribution in [0.3, 0.4) is 0 Å². The van der Waals surface area contributed by atoms with E-state index in [9.17, 15) is 22.4 Å². The number of amides is 1. The van der Waals surface area contributed by atoms with Gasteiger partial charge in [-0.05, 0) is 72.8 Å². The molecule has 3 aromatic carbocycles. The van der Waals surface area contributed by atoms with Gasteiger partial charge >= 0.3 is 5.97 Å². The van der Waals surface area contributed by atoms with Crippen molar-refractivity contribution < 1.29 is 31.9 Å². The van der Waals surface area contributed by atoms with Crippen LogP contribution in [0.5, 0.6) is 5.75 Å². The van der Waals surface area contributed by atoms with Crippen molar-refractivity contribution in [1.82, 2.24) is 0 Å². The van der Waals surface area contributed by atoms with E-state index in [0.29, 0.717) is 17.0 Å². The zero-order chi connectivity index (χ0) is 24.0. The lowest BCUT2D eigenvalue weighted by Crippen LogP contribution is -2.38. The van der Waals surface area contributed by atoms with E-state index in [1.54, 1.807) is 12.1 Å². The van der Waals surface area contributed by atoms with E-state index in [-0.39, 0.29) is 10.6 Å². The fourth-order valence-electron chi connectivity index (χ4n) is 2.94. The lowest BCUT2D eigenvalue weighted by Gasteiger charge is -2.24. The molecule has 0 aliphatic rings. The van der Waals surface area contributed by atoms with Crippen LogP contribution in [0.15, 0.2) is 77.7 Å². The summed E-state index contributed by atoms with van der Waals surface area (Å²) in [5.41, 5.74) is 0.882. The minimum absolute atomic E-state index is 0.171. The van der Waals surface area contributed by atoms with Crippen LogP contribution < -0.4 is 14.4 Å². The highest BCUT2D eigenvalue weighted by atomic mass is 32.2. The summed E-state index contributed by atoms with van der Waals surface area (Å²) >= 11 is 0. The molecular weight excluding hydrogens is 451 g/mol. The number of sulfonamides is 1. The van der Waals surface area contributed by atoms with E-state index in [0.717, 1.165) is 28.6 Å². The minimum Gasteiger partial charge on any atom is -0.497 e. The molecule has 0 radical (unpaired) electrons. The van der Waals surface area contributed by atoms with Gasteiger partial charge in [-0.3, -0.25) is 9.10 Å². The second-order valence-electron chi connectivity index (χ2n) is 6.78. The molecule has 0 heterocycles. The second kappa shape index (κ2) is 10.1. The van der Waals surface area contributed by atoms with Crippen molar-refractivity contribution in [1.29, 1.82) is 0 Å². The highest BCUT2D eigenvalue weighted by molar-refractivity contribution is 7.92. The Kier molecular flexibility index (Phi) is 7.29. The van der Waals surface area contributed by atoms with E-state index in [1.165, 1.54) is 50.6 Å². The maximum absolute atomic E-state index is 13.3. The molecule has 33 heavy (non-hydrogen) atoms. The van der Waals surface area contributed by atoms with E-state index in [4.69, 9.17) is 4.74 Å². The second-order valence-corrected chi connectivity index (χ2v) is 8.64. The fraction of sp³-hybridized carbons (Fsp3) is 0.130. The predicted molar refractivity (Wildman–Crippen MR) is 120 cm³/mol. The third-order valence-electron chi connectivity index (χ3n) is 4.64. The van der Waals surface area contributed by atoms with Gasteiger partial charge in [-0.25, -0.2) is 17.6 Å². The Labute approximate surface area is 190 Å². The van der Waals surface area contributed by atoms with Crippen LogP contribution in [0.1, 0.15) is 10.4 Å². The smallest absolute Gasteiger partial charge is 0.337 e. The average molecular weight is 472 g/mol. The van der Waals surface area contributed by atoms with E-state index >= 15 is 0 Å². The van der Waals surface area contributed by atoms with Crippen molar-refractivity contribution >= 4 is 33.3 Å². The molecule has 0 unspecified atom stereocenters. The average Bonchev–Trinajstić information content (AvgIpc) is 2.83. The molecule has 1 N–H and O–H groups in total. The zero-order valence-corrected chi connectivity index (χ0v) is 18.6. The lowest BCUT2D eigenvalue weighted by molar-refractivity contribution is -0.114. The molecule has 0 saturated heterocycles. The van der Waals surface area contributed by atoms with Gasteiger partial charge in [-0.2, -0.15) is 0 Å². The lowest BCUT2D eigenvalue weighted by atomic mass is 10.2. The van der Waals surface area contributed by atoms with Gasteiger partial charge in [0.1, 0.15) is 18.1 Å². The maximum Gasteiger partial charge on any atom is 0.337 e. The standard InChI is InChI=1S/C23H21FN2O6S/c1-31-20-11-9-19(10-12-20)26(33(29,30)21-13-5-17(24)6-14-21)15-22(27)25-18-7-3-16(4-8-18)23(28)32-2/h3-14H,15H2,1-2H3,(H,25,27). The molecule has 0 atom stereocenters. The molecule has 1 amide bonds. The molecular formula is C23H21FN2O6S. The van der Waals surface area contributed by atoms with Crippen molar-refractivity contribution in [2.75, 3.05) is 30.4 Å². The fourth-order valence-corrected chi connectivity index (χ4v) is 4.36. The first-order chi connectivity index (χ1) is 15.7. The third-order valence-corrected chi connectivity index (χ3v) is 6.43. The number of hydrogen-bond acceptors (Lipinski definition) is 6. The normalized spacial score (nSPS) is 10.9. The number of methoxy groups -OCH3 is 2. The Bertz CT molecular complexity index is 1230. The maximum atomic E-state index is 13.3. The van der Waals surface area contributed by atoms with Crippen LogP contribution >= 0.6 is 0 Å². The van der Waals surface area contributed by atoms with Crippen LogP contribution in [0.4, 0.5) is 15.8 Å². The molecule has 0 spiro atoms. The number of nitrogens with zero attached hydrogens (tertiary/aromatic N) is 1. The number of benzene rings is 3. The summed E-state index contributed by atoms with van der Waals surface area (Å²) in [4.78, 5) is 24.1. The Hall–Kier alpha value is -3.92. The van der Waals surface area contributed by atoms with Crippen molar-refractivity contribution in [3.63, 3.8) is 0 Å². The number of carbonyl (C=O) groups is 2. The van der Waals surface area contributed by atoms with Crippen molar-refractivity contribution in [3.8, 4) is 5.75 Å². The topological polar surface area (TPSA) is 102 Å². The molecule has 0 fully saturated rings. The van der Waals surface area contributed by atoms with Gasteiger partial charge in [0.25, 0.3) is 10.0 Å². The summed E-state index contributed by atoms with van der Waals surface area (Å²) in [6.45, 7) is -0.551. The number of anilines is 2. The van der Waals surface area contributed by atoms with Gasteiger partial charge < -0.3 is 14.8 Å². The first kappa shape index (κ1) is 23.7. The first-order valence-electron chi connectivity index (χ1n) is 9.65. The molecule has 3 aromatic rings. The number of halogens is 1. The molecule has 172 valence electrons. The Morgan fingerprint density at radius 1 is 0.909 bits per heavy atom. The Morgan fingerprint density at radius 3 is 2.06 bits per heavy atom. The third kappa shape index (κ3) is 5.66. The Morgan fingerprint density at radius 2 is 1.52 bits per heavy atom. The highest BCUT2D eigenvalue weighted by Crippen LogP contribution is 2.26. The monoisotopic (exact) mass is 472 g/mol. The van der Waals surface area contributed by atoms with Gasteiger partial charge in [-0.1, -0.05) is 0 Å². The van der Waals surface area contributed by atoms with Crippen LogP contribution in [-0.2, 0) is 19.6 Å². The first-order valence-corrected chi connectivity index (χ1v) is 11.1. The van der Waals surface area contributed by atoms with Crippen LogP contribution in [0.2, 0.25) is 0 Å². The summed E-state index contributed by atoms with van der Waals surface area (Å²) in [6, 6.07) is 16.4. The van der Waals surface area contributed by atoms with Crippen molar-refractivity contribution in [3.05, 3.63) is 84.2 Å². The number of carbonyl (C=O) groups excluding carboxylic acids is 2. The van der Waals surface area contributed by atoms with Crippen LogP contribution in [-0.4, -0.2) is 41.1 Å². The number of ether oxygens (including phenoxy) is 2. The molecule has 0 saturated carbocycles. The molecule has 0 aliphatic heterocycles. The molecule has 8 nitrogen and oxygen atoms in total. The van der Waals surface area contributed by atoms with Gasteiger partial charge in [0.15, 0.2) is 0 Å². The summed E-state index contributed by atoms with van der Waals surface area (Å²) in [5.74, 6) is -1.22. The molecule has 0 bridgehead atoms. The van der Waals surface area contributed by atoms with Gasteiger partial charge in [0.05, 0.1) is 30.4 Å². The molecule has 0 aliphatic carbocycles. The SMILES string of the molecule is COC(=O)c1ccc(NC(=O)CN(c2ccc(OC)cc2)S(=O)(=O)c2ccc(F)cc2)cc1. The molecule has 10 heteroatoms. The van der Waals surface area contributed by atoms with Gasteiger partial charge in [0.2, 0.25) is 5.91 Å². The van der Waals surface area contributed by atoms with E-state index < -0.39 is 34.3 Å². The summed E-state index contributed by atoms with van der Waals surface area (Å²) < 4.78 is 50.5. The quantitative estimate of drug-likeness (QED) is 0.504. The number of esters is 1. The van der Waals surface area contributed by atoms with Crippen LogP contribution in [0, 0.1) is 5.82 Å². The number of rotatable bonds is 8. The summed E-state index contributed by atoms with van der Waals surface area (Å²) in [6.07, 6.45) is 0. The molecule has 3 rings (SSSR count). The summed E-state index contributed by atoms with van der Waals surface area (Å²) in [7, 11) is -1.46. The highest BCUT2D eigenvalue weighted by Gasteiger charge is 2.27. The number of nitrogens with one attached hydrogen (secondary N) is 1. The minimum atomic E-state index is -4.20.